The topological polar surface area (TPSA) is 0 Å². The fourth-order valence-corrected chi connectivity index (χ4v) is 1.63. The van der Waals surface area contributed by atoms with Crippen LogP contribution in [0.5, 0.6) is 0 Å². The van der Waals surface area contributed by atoms with E-state index in [9.17, 15) is 61.5 Å². The molecule has 0 fully saturated rings. The van der Waals surface area contributed by atoms with Crippen molar-refractivity contribution in [1.82, 2.24) is 0 Å². The minimum absolute atomic E-state index is 0.0919. The summed E-state index contributed by atoms with van der Waals surface area (Å²) in [4.78, 5) is 0. The zero-order valence-electron chi connectivity index (χ0n) is 11.6. The molecule has 14 heteroatoms. The molecule has 1 aromatic rings. The Labute approximate surface area is 134 Å². The Bertz CT molecular complexity index is 597. The zero-order valence-corrected chi connectivity index (χ0v) is 11.6. The van der Waals surface area contributed by atoms with Gasteiger partial charge in [-0.1, -0.05) is 18.2 Å². The van der Waals surface area contributed by atoms with E-state index in [0.29, 0.717) is 0 Å². The summed E-state index contributed by atoms with van der Waals surface area (Å²) in [6, 6.07) is -1.58. The van der Waals surface area contributed by atoms with E-state index in [1.165, 1.54) is 0 Å². The van der Waals surface area contributed by atoms with Crippen LogP contribution in [0.15, 0.2) is 24.3 Å². The maximum absolute atomic E-state index is 13.4. The van der Waals surface area contributed by atoms with Crippen LogP contribution in [0.1, 0.15) is 11.1 Å². The van der Waals surface area contributed by atoms with Gasteiger partial charge in [0.05, 0.1) is 0 Å². The molecule has 0 unspecified atom stereocenters. The quantitative estimate of drug-likeness (QED) is 0.510. The van der Waals surface area contributed by atoms with Crippen LogP contribution in [0.4, 0.5) is 61.5 Å². The fourth-order valence-electron chi connectivity index (χ4n) is 1.63. The van der Waals surface area contributed by atoms with Gasteiger partial charge in [0, 0.05) is 11.1 Å². The van der Waals surface area contributed by atoms with Crippen molar-refractivity contribution in [2.75, 3.05) is 0 Å². The smallest absolute Gasteiger partial charge is 0.194 e. The second kappa shape index (κ2) is 5.87. The number of halogens is 14. The van der Waals surface area contributed by atoms with E-state index in [4.69, 9.17) is 0 Å². The van der Waals surface area contributed by atoms with Crippen LogP contribution in [-0.4, -0.2) is 24.2 Å². The molecule has 0 atom stereocenters. The van der Waals surface area contributed by atoms with Crippen molar-refractivity contribution in [1.29, 1.82) is 0 Å². The summed E-state index contributed by atoms with van der Waals surface area (Å²) in [5, 5.41) is 0. The SMILES string of the molecule is FC(F)(F)C(F)(F)C(F)(F)c1cccc(C(F)(F)C(F)(F)C(F)(F)F)c1. The van der Waals surface area contributed by atoms with Crippen LogP contribution < -0.4 is 0 Å². The van der Waals surface area contributed by atoms with Gasteiger partial charge in [-0.2, -0.15) is 61.5 Å². The molecule has 0 aromatic heterocycles. The van der Waals surface area contributed by atoms with Crippen LogP contribution in [0, 0.1) is 0 Å². The molecule has 1 rings (SSSR count). The van der Waals surface area contributed by atoms with Gasteiger partial charge < -0.3 is 0 Å². The second-order valence-corrected chi connectivity index (χ2v) is 4.87. The van der Waals surface area contributed by atoms with Crippen LogP contribution in [0.25, 0.3) is 0 Å². The van der Waals surface area contributed by atoms with E-state index in [1.54, 1.807) is 0 Å². The van der Waals surface area contributed by atoms with E-state index in [0.717, 1.165) is 0 Å². The van der Waals surface area contributed by atoms with Gasteiger partial charge in [0.2, 0.25) is 0 Å². The standard InChI is InChI=1S/C12H4F14/c13-7(14,9(17,18)11(21,22)23)5-2-1-3-6(4-5)8(15,16)10(19,20)12(24,25)26/h1-4H. The predicted octanol–water partition coefficient (Wildman–Crippen LogP) is 6.27. The highest BCUT2D eigenvalue weighted by molar-refractivity contribution is 5.33. The number of alkyl halides is 14. The third-order valence-corrected chi connectivity index (χ3v) is 3.09. The van der Waals surface area contributed by atoms with Gasteiger partial charge in [0.25, 0.3) is 0 Å². The summed E-state index contributed by atoms with van der Waals surface area (Å²) in [6.07, 6.45) is -13.7. The first-order valence-electron chi connectivity index (χ1n) is 5.97. The molecule has 0 N–H and O–H groups in total. The van der Waals surface area contributed by atoms with Crippen LogP contribution in [0.3, 0.4) is 0 Å². The predicted molar refractivity (Wildman–Crippen MR) is 56.2 cm³/mol. The molecule has 0 saturated heterocycles. The maximum Gasteiger partial charge on any atom is 0.460 e. The van der Waals surface area contributed by atoms with E-state index in [2.05, 4.69) is 0 Å². The summed E-state index contributed by atoms with van der Waals surface area (Å²) >= 11 is 0. The van der Waals surface area contributed by atoms with Gasteiger partial charge in [-0.05, 0) is 6.07 Å². The number of benzene rings is 1. The molecule has 0 heterocycles. The van der Waals surface area contributed by atoms with Crippen molar-refractivity contribution in [3.8, 4) is 0 Å². The summed E-state index contributed by atoms with van der Waals surface area (Å²) in [5.74, 6) is -26.1. The number of rotatable bonds is 4. The van der Waals surface area contributed by atoms with Crippen LogP contribution in [-0.2, 0) is 11.8 Å². The molecule has 0 spiro atoms. The van der Waals surface area contributed by atoms with Gasteiger partial charge in [0.1, 0.15) is 0 Å². The second-order valence-electron chi connectivity index (χ2n) is 4.87. The summed E-state index contributed by atoms with van der Waals surface area (Å²) in [7, 11) is 0. The first kappa shape index (κ1) is 22.3. The monoisotopic (exact) mass is 414 g/mol. The molecule has 0 aliphatic heterocycles. The van der Waals surface area contributed by atoms with Gasteiger partial charge in [-0.15, -0.1) is 0 Å². The first-order chi connectivity index (χ1) is 11.2. The van der Waals surface area contributed by atoms with E-state index in [-0.39, 0.29) is 18.2 Å². The maximum atomic E-state index is 13.4. The molecule has 0 saturated carbocycles. The molecule has 0 radical (unpaired) electrons. The normalized spacial score (nSPS) is 15.3. The first-order valence-corrected chi connectivity index (χ1v) is 5.97. The Morgan fingerprint density at radius 3 is 0.962 bits per heavy atom. The lowest BCUT2D eigenvalue weighted by Gasteiger charge is -2.31. The molecule has 0 aliphatic rings. The highest BCUT2D eigenvalue weighted by Crippen LogP contribution is 2.54. The average Bonchev–Trinajstić information content (AvgIpc) is 2.44. The number of hydrogen-bond donors (Lipinski definition) is 0. The highest BCUT2D eigenvalue weighted by atomic mass is 19.4. The van der Waals surface area contributed by atoms with Crippen molar-refractivity contribution in [3.05, 3.63) is 35.4 Å². The molecule has 150 valence electrons. The van der Waals surface area contributed by atoms with E-state index in [1.807, 2.05) is 0 Å². The molecular formula is C12H4F14. The highest BCUT2D eigenvalue weighted by Gasteiger charge is 2.75. The minimum Gasteiger partial charge on any atom is -0.194 e. The Balaban J connectivity index is 3.54. The summed E-state index contributed by atoms with van der Waals surface area (Å²) < 4.78 is 177. The zero-order chi connectivity index (χ0) is 21.0. The van der Waals surface area contributed by atoms with Crippen molar-refractivity contribution < 1.29 is 61.5 Å². The Hall–Kier alpha value is -1.76. The number of hydrogen-bond acceptors (Lipinski definition) is 0. The molecule has 0 nitrogen and oxygen atoms in total. The minimum atomic E-state index is -6.87. The average molecular weight is 414 g/mol. The molecule has 0 amide bonds. The third kappa shape index (κ3) is 3.17. The van der Waals surface area contributed by atoms with Crippen molar-refractivity contribution in [2.45, 2.75) is 36.0 Å². The lowest BCUT2D eigenvalue weighted by Crippen LogP contribution is -2.51. The van der Waals surface area contributed by atoms with E-state index >= 15 is 0 Å². The summed E-state index contributed by atoms with van der Waals surface area (Å²) in [6.45, 7) is 0. The Morgan fingerprint density at radius 2 is 0.731 bits per heavy atom. The third-order valence-electron chi connectivity index (χ3n) is 3.09. The van der Waals surface area contributed by atoms with Gasteiger partial charge >= 0.3 is 36.0 Å². The summed E-state index contributed by atoms with van der Waals surface area (Å²) in [5.41, 5.74) is -5.06. The van der Waals surface area contributed by atoms with Crippen molar-refractivity contribution in [2.24, 2.45) is 0 Å². The van der Waals surface area contributed by atoms with Gasteiger partial charge in [-0.25, -0.2) is 0 Å². The van der Waals surface area contributed by atoms with Crippen LogP contribution >= 0.6 is 0 Å². The molecule has 1 aromatic carbocycles. The molecule has 26 heavy (non-hydrogen) atoms. The van der Waals surface area contributed by atoms with Crippen molar-refractivity contribution >= 4 is 0 Å². The van der Waals surface area contributed by atoms with Gasteiger partial charge in [-0.3, -0.25) is 0 Å². The Morgan fingerprint density at radius 1 is 0.462 bits per heavy atom. The van der Waals surface area contributed by atoms with Crippen molar-refractivity contribution in [3.63, 3.8) is 0 Å². The van der Waals surface area contributed by atoms with Gasteiger partial charge in [0.15, 0.2) is 0 Å². The molecular weight excluding hydrogens is 410 g/mol. The fraction of sp³-hybridized carbons (Fsp3) is 0.500. The largest absolute Gasteiger partial charge is 0.460 e. The Kier molecular flexibility index (Phi) is 5.03. The van der Waals surface area contributed by atoms with Crippen LogP contribution in [0.2, 0.25) is 0 Å². The molecule has 0 bridgehead atoms. The lowest BCUT2D eigenvalue weighted by molar-refractivity contribution is -0.361. The molecule has 0 aliphatic carbocycles. The lowest BCUT2D eigenvalue weighted by atomic mass is 9.95. The van der Waals surface area contributed by atoms with E-state index < -0.39 is 53.2 Å².